The molecule has 86 valence electrons. The third-order valence-electron chi connectivity index (χ3n) is 2.08. The summed E-state index contributed by atoms with van der Waals surface area (Å²) in [5, 5.41) is 3.83. The van der Waals surface area contributed by atoms with Crippen molar-refractivity contribution in [3.8, 4) is 0 Å². The Morgan fingerprint density at radius 3 is 2.87 bits per heavy atom. The monoisotopic (exact) mass is 233 g/mol. The van der Waals surface area contributed by atoms with Crippen molar-refractivity contribution in [3.05, 3.63) is 11.5 Å². The van der Waals surface area contributed by atoms with E-state index < -0.39 is 9.84 Å². The van der Waals surface area contributed by atoms with E-state index in [1.54, 1.807) is 13.2 Å². The molecule has 1 aliphatic rings. The lowest BCUT2D eigenvalue weighted by Crippen LogP contribution is -2.28. The Morgan fingerprint density at radius 2 is 2.33 bits per heavy atom. The van der Waals surface area contributed by atoms with Gasteiger partial charge in [-0.3, -0.25) is 4.79 Å². The van der Waals surface area contributed by atoms with Gasteiger partial charge in [-0.05, 0) is 0 Å². The maximum absolute atomic E-state index is 11.3. The summed E-state index contributed by atoms with van der Waals surface area (Å²) in [6.45, 7) is 0.920. The summed E-state index contributed by atoms with van der Waals surface area (Å²) in [4.78, 5) is 11.3. The molecule has 0 aliphatic carbocycles. The van der Waals surface area contributed by atoms with E-state index in [1.807, 2.05) is 0 Å². The number of carbonyl (C=O) groups excluding carboxylic acids is 1. The van der Waals surface area contributed by atoms with Crippen LogP contribution in [0.1, 0.15) is 6.42 Å². The van der Waals surface area contributed by atoms with Gasteiger partial charge in [-0.1, -0.05) is 6.08 Å². The Balaban J connectivity index is 2.26. The number of hydrogen-bond acceptors (Lipinski definition) is 4. The van der Waals surface area contributed by atoms with Gasteiger partial charge in [0.2, 0.25) is 5.91 Å². The highest BCUT2D eigenvalue weighted by molar-refractivity contribution is 7.94. The molecule has 1 rings (SSSR count). The number of ether oxygens (including phenoxy) is 1. The Morgan fingerprint density at radius 1 is 1.60 bits per heavy atom. The number of amides is 1. The summed E-state index contributed by atoms with van der Waals surface area (Å²) in [5.74, 6) is -0.277. The number of hydrogen-bond donors (Lipinski definition) is 1. The quantitative estimate of drug-likeness (QED) is 0.662. The van der Waals surface area contributed by atoms with Gasteiger partial charge in [0, 0.05) is 31.4 Å². The molecule has 0 saturated heterocycles. The van der Waals surface area contributed by atoms with E-state index in [9.17, 15) is 13.2 Å². The van der Waals surface area contributed by atoms with E-state index in [0.29, 0.717) is 13.2 Å². The molecule has 1 N–H and O–H groups in total. The van der Waals surface area contributed by atoms with Crippen molar-refractivity contribution < 1.29 is 17.9 Å². The van der Waals surface area contributed by atoms with E-state index in [4.69, 9.17) is 4.74 Å². The van der Waals surface area contributed by atoms with Crippen LogP contribution in [0.3, 0.4) is 0 Å². The topological polar surface area (TPSA) is 72.5 Å². The molecule has 1 amide bonds. The zero-order valence-corrected chi connectivity index (χ0v) is 9.42. The van der Waals surface area contributed by atoms with Gasteiger partial charge in [0.15, 0.2) is 9.84 Å². The lowest BCUT2D eigenvalue weighted by Gasteiger charge is -2.07. The second-order valence-electron chi connectivity index (χ2n) is 3.47. The fraction of sp³-hybridized carbons (Fsp3) is 0.667. The van der Waals surface area contributed by atoms with Crippen molar-refractivity contribution in [3.63, 3.8) is 0 Å². The van der Waals surface area contributed by atoms with Crippen molar-refractivity contribution in [2.75, 3.05) is 26.0 Å². The van der Waals surface area contributed by atoms with Crippen LogP contribution < -0.4 is 5.32 Å². The molecule has 0 spiro atoms. The lowest BCUT2D eigenvalue weighted by atomic mass is 10.1. The molecule has 5 nitrogen and oxygen atoms in total. The Labute approximate surface area is 89.4 Å². The van der Waals surface area contributed by atoms with Crippen LogP contribution in [0.15, 0.2) is 11.5 Å². The number of sulfone groups is 1. The van der Waals surface area contributed by atoms with Crippen molar-refractivity contribution in [1.82, 2.24) is 5.32 Å². The van der Waals surface area contributed by atoms with Crippen molar-refractivity contribution in [1.29, 1.82) is 0 Å². The molecule has 0 aromatic carbocycles. The van der Waals surface area contributed by atoms with Crippen LogP contribution in [-0.4, -0.2) is 40.3 Å². The van der Waals surface area contributed by atoms with Gasteiger partial charge >= 0.3 is 0 Å². The predicted octanol–water partition coefficient (Wildman–Crippen LogP) is -0.303. The summed E-state index contributed by atoms with van der Waals surface area (Å²) in [7, 11) is -1.50. The maximum atomic E-state index is 11.3. The van der Waals surface area contributed by atoms with Crippen LogP contribution in [0.2, 0.25) is 0 Å². The molecule has 15 heavy (non-hydrogen) atoms. The molecule has 0 aromatic heterocycles. The highest BCUT2D eigenvalue weighted by Gasteiger charge is 2.23. The van der Waals surface area contributed by atoms with E-state index in [-0.39, 0.29) is 24.0 Å². The number of allylic oxidation sites excluding steroid dienone is 1. The molecule has 1 heterocycles. The Bertz CT molecular complexity index is 347. The van der Waals surface area contributed by atoms with Crippen molar-refractivity contribution >= 4 is 15.7 Å². The van der Waals surface area contributed by atoms with Gasteiger partial charge in [0.05, 0.1) is 12.4 Å². The molecule has 1 atom stereocenters. The standard InChI is InChI=1S/C9H15NO4S/c1-14-4-3-10-9(11)6-8-2-5-15(12,13)7-8/h2,5,8H,3-4,6-7H2,1H3,(H,10,11). The Kier molecular flexibility index (Phi) is 4.28. The van der Waals surface area contributed by atoms with Crippen LogP contribution in [-0.2, 0) is 19.4 Å². The molecule has 6 heteroatoms. The minimum atomic E-state index is -3.05. The lowest BCUT2D eigenvalue weighted by molar-refractivity contribution is -0.121. The van der Waals surface area contributed by atoms with E-state index in [2.05, 4.69) is 5.32 Å². The Hall–Kier alpha value is -0.880. The summed E-state index contributed by atoms with van der Waals surface area (Å²) in [6, 6.07) is 0. The normalized spacial score (nSPS) is 22.9. The summed E-state index contributed by atoms with van der Waals surface area (Å²) < 4.78 is 26.9. The first kappa shape index (κ1) is 12.2. The number of methoxy groups -OCH3 is 1. The minimum Gasteiger partial charge on any atom is -0.383 e. The fourth-order valence-electron chi connectivity index (χ4n) is 1.37. The first-order valence-corrected chi connectivity index (χ1v) is 6.41. The maximum Gasteiger partial charge on any atom is 0.220 e. The second kappa shape index (κ2) is 5.27. The predicted molar refractivity (Wildman–Crippen MR) is 55.9 cm³/mol. The summed E-state index contributed by atoms with van der Waals surface area (Å²) in [5.41, 5.74) is 0. The molecule has 0 radical (unpaired) electrons. The van der Waals surface area contributed by atoms with Crippen LogP contribution in [0, 0.1) is 5.92 Å². The molecule has 0 saturated carbocycles. The van der Waals surface area contributed by atoms with Gasteiger partial charge in [0.1, 0.15) is 0 Å². The van der Waals surface area contributed by atoms with Crippen molar-refractivity contribution in [2.24, 2.45) is 5.92 Å². The first-order chi connectivity index (χ1) is 7.03. The van der Waals surface area contributed by atoms with Gasteiger partial charge < -0.3 is 10.1 Å². The third kappa shape index (κ3) is 4.44. The molecule has 0 fully saturated rings. The molecule has 1 aliphatic heterocycles. The SMILES string of the molecule is COCCNC(=O)CC1C=CS(=O)(=O)C1. The molecular weight excluding hydrogens is 218 g/mol. The van der Waals surface area contributed by atoms with Gasteiger partial charge in [0.25, 0.3) is 0 Å². The molecule has 0 bridgehead atoms. The third-order valence-corrected chi connectivity index (χ3v) is 3.54. The van der Waals surface area contributed by atoms with Crippen LogP contribution >= 0.6 is 0 Å². The number of nitrogens with one attached hydrogen (secondary N) is 1. The highest BCUT2D eigenvalue weighted by atomic mass is 32.2. The number of rotatable bonds is 5. The summed E-state index contributed by atoms with van der Waals surface area (Å²) >= 11 is 0. The molecule has 0 aromatic rings. The molecule has 1 unspecified atom stereocenters. The zero-order chi connectivity index (χ0) is 11.3. The first-order valence-electron chi connectivity index (χ1n) is 4.70. The average molecular weight is 233 g/mol. The van der Waals surface area contributed by atoms with Crippen molar-refractivity contribution in [2.45, 2.75) is 6.42 Å². The molecular formula is C9H15NO4S. The average Bonchev–Trinajstić information content (AvgIpc) is 2.46. The second-order valence-corrected chi connectivity index (χ2v) is 5.40. The van der Waals surface area contributed by atoms with Gasteiger partial charge in [-0.15, -0.1) is 0 Å². The number of carbonyl (C=O) groups is 1. The van der Waals surface area contributed by atoms with Crippen LogP contribution in [0.25, 0.3) is 0 Å². The fourth-order valence-corrected chi connectivity index (χ4v) is 2.77. The van der Waals surface area contributed by atoms with Crippen LogP contribution in [0.4, 0.5) is 0 Å². The van der Waals surface area contributed by atoms with Gasteiger partial charge in [-0.2, -0.15) is 0 Å². The van der Waals surface area contributed by atoms with E-state index in [1.165, 1.54) is 5.41 Å². The largest absolute Gasteiger partial charge is 0.383 e. The van der Waals surface area contributed by atoms with Crippen LogP contribution in [0.5, 0.6) is 0 Å². The van der Waals surface area contributed by atoms with Gasteiger partial charge in [-0.25, -0.2) is 8.42 Å². The summed E-state index contributed by atoms with van der Waals surface area (Å²) in [6.07, 6.45) is 1.80. The highest BCUT2D eigenvalue weighted by Crippen LogP contribution is 2.17. The smallest absolute Gasteiger partial charge is 0.220 e. The minimum absolute atomic E-state index is 0.0463. The van der Waals surface area contributed by atoms with E-state index >= 15 is 0 Å². The zero-order valence-electron chi connectivity index (χ0n) is 8.60. The van der Waals surface area contributed by atoms with E-state index in [0.717, 1.165) is 0 Å².